The summed E-state index contributed by atoms with van der Waals surface area (Å²) in [4.78, 5) is 12.6. The molecule has 2 fully saturated rings. The Labute approximate surface area is 172 Å². The molecule has 2 N–H and O–H groups in total. The van der Waals surface area contributed by atoms with E-state index in [-0.39, 0.29) is 16.4 Å². The lowest BCUT2D eigenvalue weighted by Crippen LogP contribution is -2.25. The maximum absolute atomic E-state index is 13.2. The summed E-state index contributed by atoms with van der Waals surface area (Å²) >= 11 is 0. The molecule has 2 aliphatic rings. The molecular formula is C21H21F3N2O3S. The monoisotopic (exact) mass is 438 g/mol. The number of benzene rings is 2. The lowest BCUT2D eigenvalue weighted by molar-refractivity contribution is -0.138. The molecule has 160 valence electrons. The zero-order valence-corrected chi connectivity index (χ0v) is 16.8. The minimum absolute atomic E-state index is 0.101. The normalized spacial score (nSPS) is 21.3. The van der Waals surface area contributed by atoms with E-state index in [2.05, 4.69) is 10.0 Å². The first-order valence-corrected chi connectivity index (χ1v) is 11.2. The molecule has 2 aliphatic carbocycles. The van der Waals surface area contributed by atoms with Gasteiger partial charge in [-0.05, 0) is 67.0 Å². The van der Waals surface area contributed by atoms with Gasteiger partial charge in [-0.15, -0.1) is 0 Å². The third kappa shape index (κ3) is 4.67. The number of anilines is 1. The maximum atomic E-state index is 13.2. The molecule has 2 aromatic carbocycles. The van der Waals surface area contributed by atoms with Gasteiger partial charge < -0.3 is 5.32 Å². The van der Waals surface area contributed by atoms with Gasteiger partial charge in [-0.3, -0.25) is 4.79 Å². The van der Waals surface area contributed by atoms with Crippen LogP contribution >= 0.6 is 0 Å². The van der Waals surface area contributed by atoms with Gasteiger partial charge in [0.1, 0.15) is 0 Å². The van der Waals surface area contributed by atoms with E-state index in [9.17, 15) is 26.4 Å². The Kier molecular flexibility index (Phi) is 5.36. The molecule has 1 amide bonds. The van der Waals surface area contributed by atoms with Crippen LogP contribution in [0.1, 0.15) is 36.3 Å². The van der Waals surface area contributed by atoms with Crippen LogP contribution in [0.15, 0.2) is 53.4 Å². The van der Waals surface area contributed by atoms with Gasteiger partial charge >= 0.3 is 6.18 Å². The van der Waals surface area contributed by atoms with Crippen molar-refractivity contribution in [3.05, 3.63) is 59.7 Å². The number of nitrogens with one attached hydrogen (secondary N) is 2. The summed E-state index contributed by atoms with van der Waals surface area (Å²) in [6, 6.07) is 11.1. The minimum atomic E-state index is -4.46. The van der Waals surface area contributed by atoms with Crippen molar-refractivity contribution in [2.45, 2.75) is 36.3 Å². The second-order valence-electron chi connectivity index (χ2n) is 7.84. The van der Waals surface area contributed by atoms with Gasteiger partial charge in [0.25, 0.3) is 0 Å². The molecule has 9 heteroatoms. The van der Waals surface area contributed by atoms with Gasteiger partial charge in [-0.25, -0.2) is 13.1 Å². The van der Waals surface area contributed by atoms with Gasteiger partial charge in [0.2, 0.25) is 15.9 Å². The molecule has 0 aliphatic heterocycles. The van der Waals surface area contributed by atoms with Gasteiger partial charge in [-0.2, -0.15) is 13.2 Å². The lowest BCUT2D eigenvalue weighted by atomic mass is 10.0. The number of carbonyl (C=O) groups excluding carboxylic acids is 1. The van der Waals surface area contributed by atoms with Gasteiger partial charge in [0.15, 0.2) is 0 Å². The first kappa shape index (κ1) is 20.9. The molecule has 0 spiro atoms. The zero-order chi connectivity index (χ0) is 21.5. The van der Waals surface area contributed by atoms with Crippen molar-refractivity contribution in [1.29, 1.82) is 0 Å². The minimum Gasteiger partial charge on any atom is -0.326 e. The van der Waals surface area contributed by atoms with E-state index in [0.717, 1.165) is 18.9 Å². The number of sulfonamides is 1. The number of rotatable bonds is 7. The summed E-state index contributed by atoms with van der Waals surface area (Å²) in [5.41, 5.74) is -0.178. The first-order chi connectivity index (χ1) is 14.1. The summed E-state index contributed by atoms with van der Waals surface area (Å²) in [7, 11) is -3.60. The van der Waals surface area contributed by atoms with Crippen LogP contribution in [0.4, 0.5) is 18.9 Å². The molecule has 4 rings (SSSR count). The second-order valence-corrected chi connectivity index (χ2v) is 9.61. The Bertz CT molecular complexity index is 1050. The van der Waals surface area contributed by atoms with E-state index >= 15 is 0 Å². The van der Waals surface area contributed by atoms with E-state index < -0.39 is 33.6 Å². The van der Waals surface area contributed by atoms with Crippen molar-refractivity contribution >= 4 is 21.6 Å². The molecule has 0 heterocycles. The Morgan fingerprint density at radius 2 is 1.70 bits per heavy atom. The third-order valence-corrected chi connectivity index (χ3v) is 6.92. The molecule has 2 atom stereocenters. The highest BCUT2D eigenvalue weighted by Gasteiger charge is 2.47. The smallest absolute Gasteiger partial charge is 0.326 e. The van der Waals surface area contributed by atoms with Crippen LogP contribution < -0.4 is 10.0 Å². The predicted molar refractivity (Wildman–Crippen MR) is 105 cm³/mol. The summed E-state index contributed by atoms with van der Waals surface area (Å²) < 4.78 is 66.6. The van der Waals surface area contributed by atoms with E-state index in [4.69, 9.17) is 0 Å². The highest BCUT2D eigenvalue weighted by molar-refractivity contribution is 7.89. The van der Waals surface area contributed by atoms with Gasteiger partial charge in [0.05, 0.1) is 10.5 Å². The Balaban J connectivity index is 1.38. The number of hydrogen-bond acceptors (Lipinski definition) is 3. The average molecular weight is 438 g/mol. The quantitative estimate of drug-likeness (QED) is 0.683. The molecule has 2 unspecified atom stereocenters. The molecule has 0 bridgehead atoms. The van der Waals surface area contributed by atoms with Crippen LogP contribution in [-0.2, 0) is 21.0 Å². The van der Waals surface area contributed by atoms with E-state index in [0.29, 0.717) is 24.6 Å². The van der Waals surface area contributed by atoms with Crippen molar-refractivity contribution < 1.29 is 26.4 Å². The van der Waals surface area contributed by atoms with E-state index in [1.165, 1.54) is 42.5 Å². The van der Waals surface area contributed by atoms with Crippen LogP contribution in [0.3, 0.4) is 0 Å². The van der Waals surface area contributed by atoms with Crippen molar-refractivity contribution in [3.63, 3.8) is 0 Å². The van der Waals surface area contributed by atoms with Crippen molar-refractivity contribution in [2.75, 3.05) is 11.9 Å². The molecule has 2 saturated carbocycles. The zero-order valence-electron chi connectivity index (χ0n) is 15.9. The third-order valence-electron chi connectivity index (χ3n) is 5.48. The number of alkyl halides is 3. The topological polar surface area (TPSA) is 75.3 Å². The number of amides is 1. The molecule has 0 saturated heterocycles. The molecule has 30 heavy (non-hydrogen) atoms. The maximum Gasteiger partial charge on any atom is 0.416 e. The van der Waals surface area contributed by atoms with Crippen LogP contribution in [0.25, 0.3) is 0 Å². The van der Waals surface area contributed by atoms with E-state index in [1.54, 1.807) is 0 Å². The molecular weight excluding hydrogens is 417 g/mol. The number of hydrogen-bond donors (Lipinski definition) is 2. The summed E-state index contributed by atoms with van der Waals surface area (Å²) in [6.07, 6.45) is -2.06. The van der Waals surface area contributed by atoms with Crippen molar-refractivity contribution in [2.24, 2.45) is 11.8 Å². The molecule has 0 aromatic heterocycles. The fourth-order valence-electron chi connectivity index (χ4n) is 3.49. The van der Waals surface area contributed by atoms with Crippen LogP contribution in [0.2, 0.25) is 0 Å². The Hall–Kier alpha value is -2.39. The fraction of sp³-hybridized carbons (Fsp3) is 0.381. The average Bonchev–Trinajstić information content (AvgIpc) is 3.61. The summed E-state index contributed by atoms with van der Waals surface area (Å²) in [5, 5.41) is 2.67. The van der Waals surface area contributed by atoms with Crippen molar-refractivity contribution in [3.8, 4) is 0 Å². The number of halogens is 3. The molecule has 0 radical (unpaired) electrons. The second kappa shape index (κ2) is 7.70. The van der Waals surface area contributed by atoms with E-state index in [1.807, 2.05) is 0 Å². The SMILES string of the molecule is O=C(Nc1ccc(S(=O)(=O)NCC2CC2)cc1)C1CC1c1ccccc1C(F)(F)F. The largest absolute Gasteiger partial charge is 0.416 e. The Morgan fingerprint density at radius 1 is 1.03 bits per heavy atom. The highest BCUT2D eigenvalue weighted by Crippen LogP contribution is 2.51. The standard InChI is InChI=1S/C21H21F3N2O3S/c22-21(23,24)19-4-2-1-3-16(19)17-11-18(17)20(27)26-14-7-9-15(10-8-14)30(28,29)25-12-13-5-6-13/h1-4,7-10,13,17-18,25H,5-6,11-12H2,(H,26,27). The number of carbonyl (C=O) groups is 1. The Morgan fingerprint density at radius 3 is 2.33 bits per heavy atom. The van der Waals surface area contributed by atoms with Crippen LogP contribution in [0.5, 0.6) is 0 Å². The highest BCUT2D eigenvalue weighted by atomic mass is 32.2. The summed E-state index contributed by atoms with van der Waals surface area (Å²) in [5.74, 6) is -0.988. The fourth-order valence-corrected chi connectivity index (χ4v) is 4.61. The lowest BCUT2D eigenvalue weighted by Gasteiger charge is -2.12. The predicted octanol–water partition coefficient (Wildman–Crippen LogP) is 4.14. The van der Waals surface area contributed by atoms with Crippen LogP contribution in [-0.4, -0.2) is 20.9 Å². The van der Waals surface area contributed by atoms with Gasteiger partial charge in [0, 0.05) is 18.2 Å². The molecule has 5 nitrogen and oxygen atoms in total. The molecule has 2 aromatic rings. The first-order valence-electron chi connectivity index (χ1n) is 9.72. The summed E-state index contributed by atoms with van der Waals surface area (Å²) in [6.45, 7) is 0.420. The van der Waals surface area contributed by atoms with Crippen LogP contribution in [0, 0.1) is 11.8 Å². The van der Waals surface area contributed by atoms with Crippen molar-refractivity contribution in [1.82, 2.24) is 4.72 Å². The van der Waals surface area contributed by atoms with Gasteiger partial charge in [-0.1, -0.05) is 18.2 Å².